The van der Waals surface area contributed by atoms with Crippen LogP contribution < -0.4 is 5.32 Å². The molecule has 1 aliphatic carbocycles. The third-order valence-electron chi connectivity index (χ3n) is 5.96. The fourth-order valence-corrected chi connectivity index (χ4v) is 4.04. The fraction of sp³-hybridized carbons (Fsp3) is 0.333. The van der Waals surface area contributed by atoms with E-state index >= 15 is 0 Å². The molecule has 164 valence electrons. The Kier molecular flexibility index (Phi) is 5.07. The predicted molar refractivity (Wildman–Crippen MR) is 119 cm³/mol. The van der Waals surface area contributed by atoms with Gasteiger partial charge in [0.25, 0.3) is 0 Å². The van der Waals surface area contributed by atoms with Crippen molar-refractivity contribution in [2.45, 2.75) is 45.7 Å². The van der Waals surface area contributed by atoms with Crippen molar-refractivity contribution in [3.05, 3.63) is 54.0 Å². The van der Waals surface area contributed by atoms with E-state index in [-0.39, 0.29) is 12.2 Å². The van der Waals surface area contributed by atoms with E-state index in [1.54, 1.807) is 12.3 Å². The number of hydrogen-bond acceptors (Lipinski definition) is 4. The van der Waals surface area contributed by atoms with Crippen molar-refractivity contribution in [2.24, 2.45) is 5.92 Å². The second-order valence-corrected chi connectivity index (χ2v) is 8.37. The van der Waals surface area contributed by atoms with Crippen LogP contribution in [0.5, 0.6) is 0 Å². The molecule has 0 radical (unpaired) electrons. The minimum atomic E-state index is -1.10. The minimum absolute atomic E-state index is 0.230. The maximum absolute atomic E-state index is 14.8. The van der Waals surface area contributed by atoms with Crippen LogP contribution in [0, 0.1) is 18.8 Å². The summed E-state index contributed by atoms with van der Waals surface area (Å²) in [5.41, 5.74) is 4.68. The van der Waals surface area contributed by atoms with Gasteiger partial charge in [-0.05, 0) is 43.9 Å². The SMILES string of the molecule is CCCCc1cc(C)c(-c2cc3cnc(NC(=O)C4CC4F)cc3n3c(F)cnc23)cn1. The zero-order chi connectivity index (χ0) is 22.4. The molecule has 0 bridgehead atoms. The van der Waals surface area contributed by atoms with Gasteiger partial charge in [-0.1, -0.05) is 13.3 Å². The van der Waals surface area contributed by atoms with Crippen molar-refractivity contribution in [1.29, 1.82) is 0 Å². The van der Waals surface area contributed by atoms with Crippen LogP contribution in [0.2, 0.25) is 0 Å². The Bertz CT molecular complexity index is 1350. The van der Waals surface area contributed by atoms with Gasteiger partial charge in [0.05, 0.1) is 17.6 Å². The lowest BCUT2D eigenvalue weighted by molar-refractivity contribution is -0.117. The van der Waals surface area contributed by atoms with Crippen molar-refractivity contribution in [1.82, 2.24) is 19.4 Å². The first-order chi connectivity index (χ1) is 15.5. The molecule has 2 unspecified atom stereocenters. The zero-order valence-electron chi connectivity index (χ0n) is 17.9. The maximum Gasteiger partial charge on any atom is 0.231 e. The molecule has 1 saturated carbocycles. The van der Waals surface area contributed by atoms with Crippen molar-refractivity contribution >= 4 is 28.3 Å². The highest BCUT2D eigenvalue weighted by Crippen LogP contribution is 2.35. The van der Waals surface area contributed by atoms with Crippen LogP contribution in [0.4, 0.5) is 14.6 Å². The Labute approximate surface area is 183 Å². The number of anilines is 1. The van der Waals surface area contributed by atoms with E-state index in [2.05, 4.69) is 33.3 Å². The molecule has 2 atom stereocenters. The minimum Gasteiger partial charge on any atom is -0.310 e. The summed E-state index contributed by atoms with van der Waals surface area (Å²) in [5.74, 6) is -1.31. The molecule has 6 nitrogen and oxygen atoms in total. The van der Waals surface area contributed by atoms with E-state index in [9.17, 15) is 13.6 Å². The number of amides is 1. The third-order valence-corrected chi connectivity index (χ3v) is 5.96. The van der Waals surface area contributed by atoms with E-state index in [1.165, 1.54) is 10.6 Å². The molecule has 1 N–H and O–H groups in total. The second kappa shape index (κ2) is 7.93. The van der Waals surface area contributed by atoms with Crippen LogP contribution in [0.25, 0.3) is 27.7 Å². The topological polar surface area (TPSA) is 72.2 Å². The molecule has 1 aliphatic rings. The highest BCUT2D eigenvalue weighted by atomic mass is 19.1. The fourth-order valence-electron chi connectivity index (χ4n) is 4.04. The summed E-state index contributed by atoms with van der Waals surface area (Å²) in [6.45, 7) is 4.16. The van der Waals surface area contributed by atoms with Gasteiger partial charge in [-0.15, -0.1) is 0 Å². The van der Waals surface area contributed by atoms with Crippen LogP contribution >= 0.6 is 0 Å². The van der Waals surface area contributed by atoms with Gasteiger partial charge in [-0.2, -0.15) is 4.39 Å². The molecule has 4 aromatic heterocycles. The van der Waals surface area contributed by atoms with Gasteiger partial charge in [0.1, 0.15) is 17.6 Å². The molecule has 4 heterocycles. The lowest BCUT2D eigenvalue weighted by atomic mass is 10.0. The van der Waals surface area contributed by atoms with Crippen LogP contribution in [0.15, 0.2) is 36.8 Å². The number of hydrogen-bond donors (Lipinski definition) is 1. The van der Waals surface area contributed by atoms with Gasteiger partial charge >= 0.3 is 0 Å². The van der Waals surface area contributed by atoms with Gasteiger partial charge in [0, 0.05) is 40.7 Å². The first-order valence-electron chi connectivity index (χ1n) is 10.8. The van der Waals surface area contributed by atoms with E-state index in [0.29, 0.717) is 16.6 Å². The number of halogens is 2. The molecular formula is C24H23F2N5O. The molecule has 0 spiro atoms. The predicted octanol–water partition coefficient (Wildman–Crippen LogP) is 5.03. The number of imidazole rings is 1. The summed E-state index contributed by atoms with van der Waals surface area (Å²) >= 11 is 0. The van der Waals surface area contributed by atoms with Crippen molar-refractivity contribution in [2.75, 3.05) is 5.32 Å². The van der Waals surface area contributed by atoms with E-state index < -0.39 is 23.9 Å². The number of aryl methyl sites for hydroxylation is 2. The summed E-state index contributed by atoms with van der Waals surface area (Å²) < 4.78 is 29.4. The number of carbonyl (C=O) groups excluding carboxylic acids is 1. The molecular weight excluding hydrogens is 412 g/mol. The summed E-state index contributed by atoms with van der Waals surface area (Å²) in [7, 11) is 0. The number of carbonyl (C=O) groups is 1. The Morgan fingerprint density at radius 3 is 2.69 bits per heavy atom. The second-order valence-electron chi connectivity index (χ2n) is 8.37. The number of unbranched alkanes of at least 4 members (excludes halogenated alkanes) is 1. The van der Waals surface area contributed by atoms with Crippen molar-refractivity contribution in [3.8, 4) is 11.1 Å². The maximum atomic E-state index is 14.8. The highest BCUT2D eigenvalue weighted by Gasteiger charge is 2.43. The average molecular weight is 435 g/mol. The van der Waals surface area contributed by atoms with Gasteiger partial charge in [-0.25, -0.2) is 14.4 Å². The van der Waals surface area contributed by atoms with Gasteiger partial charge < -0.3 is 5.32 Å². The first-order valence-corrected chi connectivity index (χ1v) is 10.8. The van der Waals surface area contributed by atoms with Crippen LogP contribution in [-0.4, -0.2) is 31.4 Å². The quantitative estimate of drug-likeness (QED) is 0.461. The van der Waals surface area contributed by atoms with Crippen molar-refractivity contribution in [3.63, 3.8) is 0 Å². The molecule has 4 aromatic rings. The van der Waals surface area contributed by atoms with Crippen molar-refractivity contribution < 1.29 is 13.6 Å². The molecule has 32 heavy (non-hydrogen) atoms. The molecule has 1 fully saturated rings. The molecule has 0 saturated heterocycles. The molecule has 1 amide bonds. The number of nitrogens with one attached hydrogen (secondary N) is 1. The number of rotatable bonds is 6. The Morgan fingerprint density at radius 1 is 1.16 bits per heavy atom. The third kappa shape index (κ3) is 3.59. The van der Waals surface area contributed by atoms with Crippen LogP contribution in [0.3, 0.4) is 0 Å². The van der Waals surface area contributed by atoms with Gasteiger partial charge in [0.2, 0.25) is 11.9 Å². The number of fused-ring (bicyclic) bond motifs is 3. The smallest absolute Gasteiger partial charge is 0.231 e. The van der Waals surface area contributed by atoms with Crippen LogP contribution in [-0.2, 0) is 11.2 Å². The molecule has 8 heteroatoms. The average Bonchev–Trinajstić information content (AvgIpc) is 3.39. The normalized spacial score (nSPS) is 17.8. The number of pyridine rings is 3. The van der Waals surface area contributed by atoms with E-state index in [4.69, 9.17) is 0 Å². The van der Waals surface area contributed by atoms with Gasteiger partial charge in [-0.3, -0.25) is 14.2 Å². The molecule has 5 rings (SSSR count). The standard InChI is InChI=1S/C24H23F2N5O/c1-3-4-5-15-6-13(2)18(11-27-15)16-7-14-10-28-22(30-24(32)17-8-19(17)25)9-20(14)31-21(26)12-29-23(16)31/h6-7,9-12,17,19H,3-5,8H2,1-2H3,(H,28,30,32). The van der Waals surface area contributed by atoms with E-state index in [1.807, 2.05) is 19.2 Å². The monoisotopic (exact) mass is 435 g/mol. The molecule has 0 aliphatic heterocycles. The summed E-state index contributed by atoms with van der Waals surface area (Å²) in [6, 6.07) is 5.56. The Hall–Kier alpha value is -3.42. The van der Waals surface area contributed by atoms with Gasteiger partial charge in [0.15, 0.2) is 0 Å². The Morgan fingerprint density at radius 2 is 1.97 bits per heavy atom. The number of nitrogens with zero attached hydrogens (tertiary/aromatic N) is 4. The zero-order valence-corrected chi connectivity index (χ0v) is 17.9. The number of alkyl halides is 1. The number of aromatic nitrogens is 4. The lowest BCUT2D eigenvalue weighted by Gasteiger charge is -2.13. The first kappa shape index (κ1) is 20.5. The van der Waals surface area contributed by atoms with E-state index in [0.717, 1.165) is 41.6 Å². The largest absolute Gasteiger partial charge is 0.310 e. The molecule has 0 aromatic carbocycles. The Balaban J connectivity index is 1.59. The summed E-state index contributed by atoms with van der Waals surface area (Å²) in [4.78, 5) is 25.3. The van der Waals surface area contributed by atoms with Crippen LogP contribution in [0.1, 0.15) is 37.4 Å². The highest BCUT2D eigenvalue weighted by molar-refractivity contribution is 5.97. The lowest BCUT2D eigenvalue weighted by Crippen LogP contribution is -2.16. The summed E-state index contributed by atoms with van der Waals surface area (Å²) in [6.07, 6.45) is 6.80. The summed E-state index contributed by atoms with van der Waals surface area (Å²) in [5, 5.41) is 3.31.